The van der Waals surface area contributed by atoms with Crippen LogP contribution in [0.3, 0.4) is 0 Å². The lowest BCUT2D eigenvalue weighted by Crippen LogP contribution is -2.52. The van der Waals surface area contributed by atoms with Gasteiger partial charge in [-0.15, -0.1) is 0 Å². The number of aryl methyl sites for hydroxylation is 1. The molecule has 0 atom stereocenters. The van der Waals surface area contributed by atoms with Crippen molar-refractivity contribution in [2.45, 2.75) is 32.6 Å². The van der Waals surface area contributed by atoms with Crippen molar-refractivity contribution >= 4 is 11.8 Å². The molecule has 0 unspecified atom stereocenters. The molecule has 3 heterocycles. The van der Waals surface area contributed by atoms with Crippen molar-refractivity contribution in [1.29, 1.82) is 0 Å². The SMILES string of the molecule is Cc1cc(=O)c(C(=O)N2CCN(CC(=O)N3CCCCCC3)CC2)nn1-c1ccccc1. The number of carbonyl (C=O) groups is 2. The lowest BCUT2D eigenvalue weighted by atomic mass is 10.2. The first-order valence-corrected chi connectivity index (χ1v) is 11.5. The smallest absolute Gasteiger partial charge is 0.278 e. The molecule has 0 radical (unpaired) electrons. The van der Waals surface area contributed by atoms with Gasteiger partial charge in [0, 0.05) is 51.0 Å². The van der Waals surface area contributed by atoms with E-state index in [0.717, 1.165) is 31.6 Å². The van der Waals surface area contributed by atoms with Crippen molar-refractivity contribution < 1.29 is 9.59 Å². The van der Waals surface area contributed by atoms with Crippen LogP contribution >= 0.6 is 0 Å². The zero-order valence-corrected chi connectivity index (χ0v) is 18.7. The van der Waals surface area contributed by atoms with Crippen molar-refractivity contribution in [3.05, 3.63) is 58.0 Å². The van der Waals surface area contributed by atoms with Crippen LogP contribution in [0.4, 0.5) is 0 Å². The molecule has 2 saturated heterocycles. The number of carbonyl (C=O) groups excluding carboxylic acids is 2. The summed E-state index contributed by atoms with van der Waals surface area (Å²) in [5.41, 5.74) is 1.05. The first-order valence-electron chi connectivity index (χ1n) is 11.5. The van der Waals surface area contributed by atoms with E-state index in [1.54, 1.807) is 16.5 Å². The number of benzene rings is 1. The molecule has 0 spiro atoms. The Labute approximate surface area is 188 Å². The molecule has 170 valence electrons. The van der Waals surface area contributed by atoms with Gasteiger partial charge in [-0.1, -0.05) is 31.0 Å². The third kappa shape index (κ3) is 5.07. The predicted molar refractivity (Wildman–Crippen MR) is 122 cm³/mol. The molecule has 2 aliphatic heterocycles. The molecule has 2 aliphatic rings. The first kappa shape index (κ1) is 22.2. The number of hydrogen-bond acceptors (Lipinski definition) is 5. The number of aromatic nitrogens is 2. The Balaban J connectivity index is 1.39. The Morgan fingerprint density at radius 2 is 1.53 bits per heavy atom. The van der Waals surface area contributed by atoms with Crippen LogP contribution in [0, 0.1) is 6.92 Å². The van der Waals surface area contributed by atoms with E-state index in [-0.39, 0.29) is 22.9 Å². The molecule has 0 saturated carbocycles. The van der Waals surface area contributed by atoms with E-state index in [0.29, 0.717) is 38.4 Å². The second kappa shape index (κ2) is 10.1. The van der Waals surface area contributed by atoms with Crippen LogP contribution in [0.15, 0.2) is 41.2 Å². The highest BCUT2D eigenvalue weighted by molar-refractivity contribution is 5.92. The minimum atomic E-state index is -0.363. The number of rotatable bonds is 4. The van der Waals surface area contributed by atoms with Crippen LogP contribution in [0.25, 0.3) is 5.69 Å². The lowest BCUT2D eigenvalue weighted by molar-refractivity contribution is -0.132. The van der Waals surface area contributed by atoms with Gasteiger partial charge in [0.2, 0.25) is 11.3 Å². The lowest BCUT2D eigenvalue weighted by Gasteiger charge is -2.35. The summed E-state index contributed by atoms with van der Waals surface area (Å²) in [4.78, 5) is 44.0. The van der Waals surface area contributed by atoms with E-state index in [2.05, 4.69) is 10.00 Å². The second-order valence-electron chi connectivity index (χ2n) is 8.61. The maximum absolute atomic E-state index is 13.1. The fourth-order valence-electron chi connectivity index (χ4n) is 4.40. The van der Waals surface area contributed by atoms with Crippen LogP contribution in [-0.4, -0.2) is 82.1 Å². The molecule has 0 aliphatic carbocycles. The molecular weight excluding hydrogens is 406 g/mol. The van der Waals surface area contributed by atoms with Gasteiger partial charge in [-0.3, -0.25) is 19.3 Å². The summed E-state index contributed by atoms with van der Waals surface area (Å²) in [5.74, 6) is -0.171. The average molecular weight is 438 g/mol. The van der Waals surface area contributed by atoms with Gasteiger partial charge < -0.3 is 9.80 Å². The van der Waals surface area contributed by atoms with Gasteiger partial charge in [-0.25, -0.2) is 4.68 Å². The van der Waals surface area contributed by atoms with Crippen LogP contribution in [0.5, 0.6) is 0 Å². The number of nitrogens with zero attached hydrogens (tertiary/aromatic N) is 5. The van der Waals surface area contributed by atoms with E-state index in [1.807, 2.05) is 35.2 Å². The molecule has 8 nitrogen and oxygen atoms in total. The van der Waals surface area contributed by atoms with Crippen LogP contribution < -0.4 is 5.43 Å². The molecule has 0 N–H and O–H groups in total. The Bertz CT molecular complexity index is 1000. The monoisotopic (exact) mass is 437 g/mol. The number of hydrogen-bond donors (Lipinski definition) is 0. The van der Waals surface area contributed by atoms with Gasteiger partial charge in [0.1, 0.15) is 0 Å². The van der Waals surface area contributed by atoms with Crippen molar-refractivity contribution in [1.82, 2.24) is 24.5 Å². The van der Waals surface area contributed by atoms with Crippen molar-refractivity contribution in [3.63, 3.8) is 0 Å². The van der Waals surface area contributed by atoms with Gasteiger partial charge in [0.25, 0.3) is 5.91 Å². The third-order valence-electron chi connectivity index (χ3n) is 6.29. The van der Waals surface area contributed by atoms with E-state index in [4.69, 9.17) is 0 Å². The van der Waals surface area contributed by atoms with E-state index in [9.17, 15) is 14.4 Å². The fourth-order valence-corrected chi connectivity index (χ4v) is 4.40. The van der Waals surface area contributed by atoms with Crippen LogP contribution in [0.1, 0.15) is 41.9 Å². The van der Waals surface area contributed by atoms with Gasteiger partial charge in [0.15, 0.2) is 5.69 Å². The number of likely N-dealkylation sites (tertiary alicyclic amines) is 1. The molecule has 2 aromatic rings. The average Bonchev–Trinajstić information content (AvgIpc) is 3.10. The highest BCUT2D eigenvalue weighted by atomic mass is 16.2. The third-order valence-corrected chi connectivity index (χ3v) is 6.29. The minimum Gasteiger partial charge on any atom is -0.342 e. The Morgan fingerprint density at radius 3 is 2.19 bits per heavy atom. The topological polar surface area (TPSA) is 78.8 Å². The largest absolute Gasteiger partial charge is 0.342 e. The fraction of sp³-hybridized carbons (Fsp3) is 0.500. The van der Waals surface area contributed by atoms with Gasteiger partial charge in [0.05, 0.1) is 12.2 Å². The number of para-hydroxylation sites is 1. The summed E-state index contributed by atoms with van der Waals surface area (Å²) in [6.45, 7) is 6.09. The van der Waals surface area contributed by atoms with E-state index < -0.39 is 0 Å². The number of piperazine rings is 1. The molecule has 0 bridgehead atoms. The Morgan fingerprint density at radius 1 is 0.875 bits per heavy atom. The quantitative estimate of drug-likeness (QED) is 0.728. The summed E-state index contributed by atoms with van der Waals surface area (Å²) in [5, 5.41) is 4.39. The zero-order chi connectivity index (χ0) is 22.5. The highest BCUT2D eigenvalue weighted by Crippen LogP contribution is 2.12. The van der Waals surface area contributed by atoms with Gasteiger partial charge in [-0.2, -0.15) is 5.10 Å². The van der Waals surface area contributed by atoms with Crippen molar-refractivity contribution in [3.8, 4) is 5.69 Å². The highest BCUT2D eigenvalue weighted by Gasteiger charge is 2.27. The number of amides is 2. The van der Waals surface area contributed by atoms with Crippen molar-refractivity contribution in [2.75, 3.05) is 45.8 Å². The summed E-state index contributed by atoms with van der Waals surface area (Å²) in [6, 6.07) is 10.9. The summed E-state index contributed by atoms with van der Waals surface area (Å²) >= 11 is 0. The van der Waals surface area contributed by atoms with Crippen LogP contribution in [0.2, 0.25) is 0 Å². The maximum Gasteiger partial charge on any atom is 0.278 e. The molecule has 4 rings (SSSR count). The van der Waals surface area contributed by atoms with Gasteiger partial charge >= 0.3 is 0 Å². The van der Waals surface area contributed by atoms with E-state index in [1.165, 1.54) is 18.9 Å². The normalized spacial score (nSPS) is 17.8. The molecule has 8 heteroatoms. The molecule has 32 heavy (non-hydrogen) atoms. The molecule has 2 amide bonds. The Kier molecular flexibility index (Phi) is 6.99. The van der Waals surface area contributed by atoms with Gasteiger partial charge in [-0.05, 0) is 31.9 Å². The molecule has 1 aromatic heterocycles. The maximum atomic E-state index is 13.1. The first-order chi connectivity index (χ1) is 15.5. The second-order valence-corrected chi connectivity index (χ2v) is 8.61. The summed E-state index contributed by atoms with van der Waals surface area (Å²) in [7, 11) is 0. The van der Waals surface area contributed by atoms with E-state index >= 15 is 0 Å². The zero-order valence-electron chi connectivity index (χ0n) is 18.7. The summed E-state index contributed by atoms with van der Waals surface area (Å²) in [6.07, 6.45) is 4.56. The molecule has 1 aromatic carbocycles. The Hall–Kier alpha value is -3.00. The molecule has 2 fully saturated rings. The molecular formula is C24H31N5O3. The van der Waals surface area contributed by atoms with Crippen molar-refractivity contribution in [2.24, 2.45) is 0 Å². The minimum absolute atomic E-state index is 0.0615. The van der Waals surface area contributed by atoms with Crippen LogP contribution in [-0.2, 0) is 4.79 Å². The standard InChI is InChI=1S/C24H31N5O3/c1-19-17-21(30)23(25-29(19)20-9-5-4-6-10-20)24(32)28-15-13-26(14-16-28)18-22(31)27-11-7-2-3-8-12-27/h4-6,9-10,17H,2-3,7-8,11-16,18H2,1H3. The predicted octanol–water partition coefficient (Wildman–Crippen LogP) is 1.70. The summed E-state index contributed by atoms with van der Waals surface area (Å²) < 4.78 is 1.63.